The molecular weight excluding hydrogens is 392 g/mol. The largest absolute Gasteiger partial charge is 0.352 e. The first-order valence-electron chi connectivity index (χ1n) is 10.2. The second-order valence-electron chi connectivity index (χ2n) is 8.73. The Labute approximate surface area is 174 Å². The molecule has 148 valence electrons. The van der Waals surface area contributed by atoms with Crippen LogP contribution in [0.5, 0.6) is 0 Å². The van der Waals surface area contributed by atoms with Gasteiger partial charge in [-0.1, -0.05) is 29.4 Å². The molecule has 4 bridgehead atoms. The van der Waals surface area contributed by atoms with E-state index >= 15 is 0 Å². The predicted molar refractivity (Wildman–Crippen MR) is 111 cm³/mol. The summed E-state index contributed by atoms with van der Waals surface area (Å²) in [4.78, 5) is 12.7. The second kappa shape index (κ2) is 7.38. The molecule has 4 aliphatic rings. The lowest BCUT2D eigenvalue weighted by Crippen LogP contribution is -2.56. The Balaban J connectivity index is 1.22. The van der Waals surface area contributed by atoms with E-state index in [0.717, 1.165) is 23.1 Å². The monoisotopic (exact) mass is 416 g/mol. The van der Waals surface area contributed by atoms with E-state index in [-0.39, 0.29) is 5.91 Å². The fraction of sp³-hybridized carbons (Fsp3) is 0.571. The minimum absolute atomic E-state index is 0.110. The van der Waals surface area contributed by atoms with E-state index in [1.807, 2.05) is 29.7 Å². The van der Waals surface area contributed by atoms with Gasteiger partial charge >= 0.3 is 0 Å². The number of nitrogens with zero attached hydrogens (tertiary/aromatic N) is 3. The average Bonchev–Trinajstić information content (AvgIpc) is 3.13. The molecule has 0 atom stereocenters. The Bertz CT molecular complexity index is 870. The average molecular weight is 417 g/mol. The zero-order valence-corrected chi connectivity index (χ0v) is 17.5. The maximum absolute atomic E-state index is 12.7. The predicted octanol–water partition coefficient (Wildman–Crippen LogP) is 4.26. The Morgan fingerprint density at radius 2 is 1.93 bits per heavy atom. The van der Waals surface area contributed by atoms with Crippen LogP contribution in [-0.4, -0.2) is 32.5 Å². The Morgan fingerprint density at radius 3 is 2.61 bits per heavy atom. The molecule has 4 aliphatic carbocycles. The summed E-state index contributed by atoms with van der Waals surface area (Å²) >= 11 is 7.68. The van der Waals surface area contributed by atoms with Crippen LogP contribution in [-0.2, 0) is 4.79 Å². The molecule has 4 fully saturated rings. The van der Waals surface area contributed by atoms with Gasteiger partial charge in [0.1, 0.15) is 6.33 Å². The summed E-state index contributed by atoms with van der Waals surface area (Å²) in [7, 11) is 0. The van der Waals surface area contributed by atoms with Gasteiger partial charge in [-0.25, -0.2) is 0 Å². The molecule has 1 N–H and O–H groups in total. The van der Waals surface area contributed by atoms with Crippen LogP contribution in [0.4, 0.5) is 0 Å². The van der Waals surface area contributed by atoms with Gasteiger partial charge in [0.2, 0.25) is 5.91 Å². The van der Waals surface area contributed by atoms with Crippen LogP contribution in [0, 0.1) is 30.6 Å². The van der Waals surface area contributed by atoms with Gasteiger partial charge in [-0.05, 0) is 80.4 Å². The van der Waals surface area contributed by atoms with Gasteiger partial charge in [0, 0.05) is 11.1 Å². The molecule has 1 aromatic heterocycles. The van der Waals surface area contributed by atoms with Crippen molar-refractivity contribution in [3.05, 3.63) is 35.1 Å². The summed E-state index contributed by atoms with van der Waals surface area (Å²) in [5, 5.41) is 13.0. The van der Waals surface area contributed by atoms with E-state index < -0.39 is 0 Å². The van der Waals surface area contributed by atoms with Gasteiger partial charge in [-0.3, -0.25) is 9.36 Å². The molecule has 1 heterocycles. The first kappa shape index (κ1) is 18.5. The Kier molecular flexibility index (Phi) is 4.87. The van der Waals surface area contributed by atoms with Crippen molar-refractivity contribution in [1.82, 2.24) is 20.1 Å². The molecule has 1 aromatic carbocycles. The number of rotatable bonds is 5. The summed E-state index contributed by atoms with van der Waals surface area (Å²) in [6.07, 6.45) is 8.35. The molecule has 0 unspecified atom stereocenters. The molecule has 0 radical (unpaired) electrons. The fourth-order valence-corrected chi connectivity index (χ4v) is 6.66. The molecule has 2 aromatic rings. The molecule has 4 saturated carbocycles. The number of thioether (sulfide) groups is 1. The van der Waals surface area contributed by atoms with E-state index in [0.29, 0.717) is 33.8 Å². The van der Waals surface area contributed by atoms with Gasteiger partial charge in [0.25, 0.3) is 0 Å². The van der Waals surface area contributed by atoms with Gasteiger partial charge < -0.3 is 5.32 Å². The molecule has 28 heavy (non-hydrogen) atoms. The van der Waals surface area contributed by atoms with Crippen LogP contribution in [0.3, 0.4) is 0 Å². The first-order valence-corrected chi connectivity index (χ1v) is 11.5. The van der Waals surface area contributed by atoms with Crippen LogP contribution in [0.1, 0.15) is 37.7 Å². The van der Waals surface area contributed by atoms with Crippen LogP contribution in [0.2, 0.25) is 5.02 Å². The highest BCUT2D eigenvalue weighted by atomic mass is 35.5. The molecule has 0 aliphatic heterocycles. The molecular formula is C21H25ClN4OS. The molecule has 7 heteroatoms. The standard InChI is InChI=1S/C21H25ClN4OS/c1-12-2-3-17(9-18(12)22)26-11-23-25-21(26)28-10-19(27)24-20-15-5-13-4-14(7-15)8-16(20)6-13/h2-3,9,11,13-16,20H,4-8,10H2,1H3,(H,24,27). The third kappa shape index (κ3) is 3.45. The van der Waals surface area contributed by atoms with Crippen molar-refractivity contribution < 1.29 is 4.79 Å². The van der Waals surface area contributed by atoms with Gasteiger partial charge in [-0.2, -0.15) is 0 Å². The second-order valence-corrected chi connectivity index (χ2v) is 10.1. The zero-order valence-electron chi connectivity index (χ0n) is 16.0. The van der Waals surface area contributed by atoms with E-state index in [1.165, 1.54) is 43.9 Å². The first-order chi connectivity index (χ1) is 13.6. The topological polar surface area (TPSA) is 59.8 Å². The molecule has 1 amide bonds. The number of hydrogen-bond acceptors (Lipinski definition) is 4. The molecule has 0 spiro atoms. The van der Waals surface area contributed by atoms with Crippen molar-refractivity contribution in [2.75, 3.05) is 5.75 Å². The Hall–Kier alpha value is -1.53. The highest BCUT2D eigenvalue weighted by molar-refractivity contribution is 7.99. The van der Waals surface area contributed by atoms with Crippen molar-refractivity contribution in [3.63, 3.8) is 0 Å². The summed E-state index contributed by atoms with van der Waals surface area (Å²) in [5.74, 6) is 3.71. The summed E-state index contributed by atoms with van der Waals surface area (Å²) in [6, 6.07) is 6.25. The number of carbonyl (C=O) groups excluding carboxylic acids is 1. The molecule has 5 nitrogen and oxygen atoms in total. The van der Waals surface area contributed by atoms with Gasteiger partial charge in [0.15, 0.2) is 5.16 Å². The minimum Gasteiger partial charge on any atom is -0.352 e. The lowest BCUT2D eigenvalue weighted by atomic mass is 9.54. The van der Waals surface area contributed by atoms with Crippen molar-refractivity contribution in [2.45, 2.75) is 50.2 Å². The van der Waals surface area contributed by atoms with Gasteiger partial charge in [-0.15, -0.1) is 10.2 Å². The third-order valence-corrected chi connectivity index (χ3v) is 8.19. The summed E-state index contributed by atoms with van der Waals surface area (Å²) in [6.45, 7) is 1.97. The van der Waals surface area contributed by atoms with E-state index in [4.69, 9.17) is 11.6 Å². The number of hydrogen-bond donors (Lipinski definition) is 1. The SMILES string of the molecule is Cc1ccc(-n2cnnc2SCC(=O)NC2C3CC4CC(C3)CC2C4)cc1Cl. The van der Waals surface area contributed by atoms with E-state index in [2.05, 4.69) is 15.5 Å². The smallest absolute Gasteiger partial charge is 0.230 e. The van der Waals surface area contributed by atoms with Crippen molar-refractivity contribution in [1.29, 1.82) is 0 Å². The number of halogens is 1. The summed E-state index contributed by atoms with van der Waals surface area (Å²) < 4.78 is 1.88. The van der Waals surface area contributed by atoms with Crippen molar-refractivity contribution in [2.24, 2.45) is 23.7 Å². The normalized spacial score (nSPS) is 30.6. The zero-order chi connectivity index (χ0) is 19.3. The van der Waals surface area contributed by atoms with Crippen LogP contribution in [0.15, 0.2) is 29.7 Å². The van der Waals surface area contributed by atoms with Crippen molar-refractivity contribution in [3.8, 4) is 5.69 Å². The number of carbonyl (C=O) groups is 1. The third-order valence-electron chi connectivity index (χ3n) is 6.84. The maximum Gasteiger partial charge on any atom is 0.230 e. The van der Waals surface area contributed by atoms with E-state index in [1.54, 1.807) is 6.33 Å². The highest BCUT2D eigenvalue weighted by Crippen LogP contribution is 2.53. The number of aromatic nitrogens is 3. The summed E-state index contributed by atoms with van der Waals surface area (Å²) in [5.41, 5.74) is 1.94. The number of nitrogens with one attached hydrogen (secondary N) is 1. The number of amides is 1. The van der Waals surface area contributed by atoms with Crippen LogP contribution in [0.25, 0.3) is 5.69 Å². The molecule has 0 saturated heterocycles. The van der Waals surface area contributed by atoms with Crippen LogP contribution < -0.4 is 5.32 Å². The fourth-order valence-electron chi connectivity index (χ4n) is 5.75. The highest BCUT2D eigenvalue weighted by Gasteiger charge is 2.48. The maximum atomic E-state index is 12.7. The van der Waals surface area contributed by atoms with Crippen LogP contribution >= 0.6 is 23.4 Å². The Morgan fingerprint density at radius 1 is 1.21 bits per heavy atom. The minimum atomic E-state index is 0.110. The lowest BCUT2D eigenvalue weighted by molar-refractivity contribution is -0.122. The number of benzene rings is 1. The quantitative estimate of drug-likeness (QED) is 0.739. The van der Waals surface area contributed by atoms with Gasteiger partial charge in [0.05, 0.1) is 11.4 Å². The van der Waals surface area contributed by atoms with E-state index in [9.17, 15) is 4.79 Å². The van der Waals surface area contributed by atoms with Crippen molar-refractivity contribution >= 4 is 29.3 Å². The molecule has 6 rings (SSSR count). The lowest BCUT2D eigenvalue weighted by Gasteiger charge is -2.54. The number of aryl methyl sites for hydroxylation is 1.